The van der Waals surface area contributed by atoms with Crippen LogP contribution in [0, 0.1) is 13.8 Å². The molecule has 5 heteroatoms. The molecule has 0 aliphatic rings. The summed E-state index contributed by atoms with van der Waals surface area (Å²) >= 11 is 1.29. The van der Waals surface area contributed by atoms with E-state index in [-0.39, 0.29) is 0 Å². The highest BCUT2D eigenvalue weighted by Gasteiger charge is 2.11. The summed E-state index contributed by atoms with van der Waals surface area (Å²) in [6, 6.07) is 8.62. The van der Waals surface area contributed by atoms with E-state index in [1.54, 1.807) is 17.5 Å². The Bertz CT molecular complexity index is 586. The van der Waals surface area contributed by atoms with E-state index in [1.807, 2.05) is 32.0 Å². The van der Waals surface area contributed by atoms with E-state index >= 15 is 0 Å². The highest BCUT2D eigenvalue weighted by molar-refractivity contribution is 7.12. The monoisotopic (exact) mass is 274 g/mol. The highest BCUT2D eigenvalue weighted by Crippen LogP contribution is 2.13. The van der Waals surface area contributed by atoms with Gasteiger partial charge in [0, 0.05) is 5.69 Å². The van der Waals surface area contributed by atoms with Gasteiger partial charge in [-0.1, -0.05) is 12.1 Å². The molecule has 0 radical (unpaired) electrons. The summed E-state index contributed by atoms with van der Waals surface area (Å²) in [6.07, 6.45) is 0. The highest BCUT2D eigenvalue weighted by atomic mass is 32.1. The lowest BCUT2D eigenvalue weighted by molar-refractivity contribution is 0.0971. The second-order valence-electron chi connectivity index (χ2n) is 4.26. The lowest BCUT2D eigenvalue weighted by Crippen LogP contribution is -2.33. The quantitative estimate of drug-likeness (QED) is 0.882. The molecule has 19 heavy (non-hydrogen) atoms. The van der Waals surface area contributed by atoms with E-state index in [1.165, 1.54) is 11.3 Å². The number of imide groups is 1. The van der Waals surface area contributed by atoms with E-state index in [9.17, 15) is 9.59 Å². The van der Waals surface area contributed by atoms with Gasteiger partial charge >= 0.3 is 6.03 Å². The number of nitrogens with one attached hydrogen (secondary N) is 2. The van der Waals surface area contributed by atoms with Gasteiger partial charge in [-0.25, -0.2) is 4.79 Å². The molecule has 98 valence electrons. The number of hydrogen-bond donors (Lipinski definition) is 2. The number of aryl methyl sites for hydroxylation is 2. The summed E-state index contributed by atoms with van der Waals surface area (Å²) in [4.78, 5) is 23.9. The lowest BCUT2D eigenvalue weighted by Gasteiger charge is -2.07. The van der Waals surface area contributed by atoms with Crippen molar-refractivity contribution >= 4 is 29.0 Å². The van der Waals surface area contributed by atoms with Crippen molar-refractivity contribution in [2.24, 2.45) is 0 Å². The van der Waals surface area contributed by atoms with E-state index < -0.39 is 11.9 Å². The number of benzene rings is 1. The Morgan fingerprint density at radius 3 is 2.37 bits per heavy atom. The van der Waals surface area contributed by atoms with Crippen LogP contribution in [0.25, 0.3) is 0 Å². The smallest absolute Gasteiger partial charge is 0.308 e. The SMILES string of the molecule is Cc1cc(C)cc(NC(=O)NC(=O)c2cccs2)c1. The molecule has 1 aromatic heterocycles. The zero-order valence-electron chi connectivity index (χ0n) is 10.7. The third-order valence-electron chi connectivity index (χ3n) is 2.45. The molecule has 3 amide bonds. The Morgan fingerprint density at radius 1 is 1.11 bits per heavy atom. The van der Waals surface area contributed by atoms with Crippen molar-refractivity contribution in [3.8, 4) is 0 Å². The standard InChI is InChI=1S/C14H14N2O2S/c1-9-6-10(2)8-11(7-9)15-14(18)16-13(17)12-4-3-5-19-12/h3-8H,1-2H3,(H2,15,16,17,18). The van der Waals surface area contributed by atoms with Crippen LogP contribution in [-0.4, -0.2) is 11.9 Å². The molecule has 2 aromatic rings. The van der Waals surface area contributed by atoms with Crippen LogP contribution in [0.2, 0.25) is 0 Å². The maximum Gasteiger partial charge on any atom is 0.326 e. The van der Waals surface area contributed by atoms with Crippen molar-refractivity contribution in [2.75, 3.05) is 5.32 Å². The third-order valence-corrected chi connectivity index (χ3v) is 3.32. The van der Waals surface area contributed by atoms with Crippen LogP contribution in [0.15, 0.2) is 35.7 Å². The van der Waals surface area contributed by atoms with Gasteiger partial charge in [-0.05, 0) is 48.6 Å². The van der Waals surface area contributed by atoms with Crippen LogP contribution >= 0.6 is 11.3 Å². The molecule has 0 fully saturated rings. The van der Waals surface area contributed by atoms with Crippen LogP contribution in [0.1, 0.15) is 20.8 Å². The zero-order valence-corrected chi connectivity index (χ0v) is 11.5. The Kier molecular flexibility index (Phi) is 3.97. The van der Waals surface area contributed by atoms with Gasteiger partial charge in [-0.2, -0.15) is 0 Å². The normalized spacial score (nSPS) is 10.0. The molecular formula is C14H14N2O2S. The van der Waals surface area contributed by atoms with Gasteiger partial charge in [0.2, 0.25) is 0 Å². The molecule has 1 aromatic carbocycles. The molecule has 4 nitrogen and oxygen atoms in total. The molecule has 0 atom stereocenters. The zero-order chi connectivity index (χ0) is 13.8. The van der Waals surface area contributed by atoms with Crippen molar-refractivity contribution < 1.29 is 9.59 Å². The first-order valence-corrected chi connectivity index (χ1v) is 6.67. The minimum absolute atomic E-state index is 0.392. The number of thiophene rings is 1. The summed E-state index contributed by atoms with van der Waals surface area (Å²) in [6.45, 7) is 3.90. The minimum atomic E-state index is -0.525. The molecule has 0 aliphatic heterocycles. The van der Waals surface area contributed by atoms with Crippen LogP contribution in [0.5, 0.6) is 0 Å². The van der Waals surface area contributed by atoms with Crippen LogP contribution < -0.4 is 10.6 Å². The van der Waals surface area contributed by atoms with E-state index in [0.717, 1.165) is 11.1 Å². The van der Waals surface area contributed by atoms with Crippen molar-refractivity contribution in [3.63, 3.8) is 0 Å². The average Bonchev–Trinajstić information content (AvgIpc) is 2.80. The summed E-state index contributed by atoms with van der Waals surface area (Å²) < 4.78 is 0. The fourth-order valence-electron chi connectivity index (χ4n) is 1.78. The first-order chi connectivity index (χ1) is 9.04. The van der Waals surface area contributed by atoms with Crippen molar-refractivity contribution in [2.45, 2.75) is 13.8 Å². The molecular weight excluding hydrogens is 260 g/mol. The molecule has 0 spiro atoms. The van der Waals surface area contributed by atoms with E-state index in [2.05, 4.69) is 10.6 Å². The average molecular weight is 274 g/mol. The number of anilines is 1. The van der Waals surface area contributed by atoms with Gasteiger partial charge in [0.25, 0.3) is 5.91 Å². The molecule has 2 N–H and O–H groups in total. The number of carbonyl (C=O) groups excluding carboxylic acids is 2. The second-order valence-corrected chi connectivity index (χ2v) is 5.21. The number of urea groups is 1. The first-order valence-electron chi connectivity index (χ1n) is 5.79. The van der Waals surface area contributed by atoms with E-state index in [0.29, 0.717) is 10.6 Å². The third kappa shape index (κ3) is 3.66. The van der Waals surface area contributed by atoms with Gasteiger partial charge in [-0.15, -0.1) is 11.3 Å². The minimum Gasteiger partial charge on any atom is -0.308 e. The molecule has 0 saturated carbocycles. The van der Waals surface area contributed by atoms with Crippen LogP contribution in [0.4, 0.5) is 10.5 Å². The molecule has 0 unspecified atom stereocenters. The molecule has 0 aliphatic carbocycles. The van der Waals surface area contributed by atoms with Gasteiger partial charge in [0.15, 0.2) is 0 Å². The summed E-state index contributed by atoms with van der Waals surface area (Å²) in [5.74, 6) is -0.392. The van der Waals surface area contributed by atoms with Gasteiger partial charge in [0.1, 0.15) is 0 Å². The maximum absolute atomic E-state index is 11.7. The molecule has 2 rings (SSSR count). The first kappa shape index (κ1) is 13.3. The Labute approximate surface area is 115 Å². The number of hydrogen-bond acceptors (Lipinski definition) is 3. The molecule has 1 heterocycles. The molecule has 0 saturated heterocycles. The predicted octanol–water partition coefficient (Wildman–Crippen LogP) is 3.33. The van der Waals surface area contributed by atoms with Crippen LogP contribution in [0.3, 0.4) is 0 Å². The Hall–Kier alpha value is -2.14. The topological polar surface area (TPSA) is 58.2 Å². The van der Waals surface area contributed by atoms with Crippen molar-refractivity contribution in [1.29, 1.82) is 0 Å². The number of rotatable bonds is 2. The van der Waals surface area contributed by atoms with Crippen molar-refractivity contribution in [3.05, 3.63) is 51.7 Å². The fraction of sp³-hybridized carbons (Fsp3) is 0.143. The van der Waals surface area contributed by atoms with Gasteiger partial charge < -0.3 is 5.32 Å². The van der Waals surface area contributed by atoms with E-state index in [4.69, 9.17) is 0 Å². The number of carbonyl (C=O) groups is 2. The van der Waals surface area contributed by atoms with Crippen molar-refractivity contribution in [1.82, 2.24) is 5.32 Å². The summed E-state index contributed by atoms with van der Waals surface area (Å²) in [5.41, 5.74) is 2.79. The second kappa shape index (κ2) is 5.67. The lowest BCUT2D eigenvalue weighted by atomic mass is 10.1. The Morgan fingerprint density at radius 2 is 1.79 bits per heavy atom. The van der Waals surface area contributed by atoms with Crippen LogP contribution in [-0.2, 0) is 0 Å². The molecule has 0 bridgehead atoms. The Balaban J connectivity index is 1.99. The summed E-state index contributed by atoms with van der Waals surface area (Å²) in [7, 11) is 0. The largest absolute Gasteiger partial charge is 0.326 e. The van der Waals surface area contributed by atoms with Gasteiger partial charge in [-0.3, -0.25) is 10.1 Å². The summed E-state index contributed by atoms with van der Waals surface area (Å²) in [5, 5.41) is 6.73. The van der Waals surface area contributed by atoms with Gasteiger partial charge in [0.05, 0.1) is 4.88 Å². The number of amides is 3. The maximum atomic E-state index is 11.7. The fourth-order valence-corrected chi connectivity index (χ4v) is 2.40. The predicted molar refractivity (Wildman–Crippen MR) is 76.7 cm³/mol.